The van der Waals surface area contributed by atoms with E-state index in [1.165, 1.54) is 24.3 Å². The molecule has 22 heavy (non-hydrogen) atoms. The molecule has 1 heterocycles. The molecule has 0 bridgehead atoms. The average Bonchev–Trinajstić information content (AvgIpc) is 2.77. The van der Waals surface area contributed by atoms with Crippen LogP contribution >= 0.6 is 0 Å². The summed E-state index contributed by atoms with van der Waals surface area (Å²) in [6.45, 7) is 0. The second-order valence-corrected chi connectivity index (χ2v) is 5.04. The van der Waals surface area contributed by atoms with Gasteiger partial charge in [-0.15, -0.1) is 0 Å². The van der Waals surface area contributed by atoms with Crippen molar-refractivity contribution in [3.8, 4) is 11.5 Å². The lowest BCUT2D eigenvalue weighted by Crippen LogP contribution is -2.32. The van der Waals surface area contributed by atoms with Crippen molar-refractivity contribution in [1.82, 2.24) is 5.32 Å². The number of urea groups is 1. The SMILES string of the molecule is O=C1N[C@H](Cc2ccc(O)cc2)C(=O)N1c1ccccc1O. The molecule has 1 aliphatic rings. The highest BCUT2D eigenvalue weighted by Gasteiger charge is 2.39. The summed E-state index contributed by atoms with van der Waals surface area (Å²) in [5, 5.41) is 21.7. The monoisotopic (exact) mass is 298 g/mol. The van der Waals surface area contributed by atoms with E-state index in [4.69, 9.17) is 0 Å². The van der Waals surface area contributed by atoms with Crippen LogP contribution in [0.2, 0.25) is 0 Å². The Morgan fingerprint density at radius 2 is 1.68 bits per heavy atom. The van der Waals surface area contributed by atoms with Gasteiger partial charge in [-0.2, -0.15) is 0 Å². The number of rotatable bonds is 3. The largest absolute Gasteiger partial charge is 0.508 e. The third-order valence-corrected chi connectivity index (χ3v) is 3.52. The third-order valence-electron chi connectivity index (χ3n) is 3.52. The fourth-order valence-electron chi connectivity index (χ4n) is 2.42. The van der Waals surface area contributed by atoms with Gasteiger partial charge in [0.05, 0.1) is 5.69 Å². The molecule has 2 aromatic carbocycles. The van der Waals surface area contributed by atoms with Crippen LogP contribution in [-0.2, 0) is 11.2 Å². The maximum atomic E-state index is 12.4. The molecule has 0 spiro atoms. The third kappa shape index (κ3) is 2.46. The molecule has 6 nitrogen and oxygen atoms in total. The summed E-state index contributed by atoms with van der Waals surface area (Å²) >= 11 is 0. The Bertz CT molecular complexity index is 727. The first-order valence-corrected chi connectivity index (χ1v) is 6.76. The molecule has 0 unspecified atom stereocenters. The van der Waals surface area contributed by atoms with Crippen molar-refractivity contribution in [1.29, 1.82) is 0 Å². The van der Waals surface area contributed by atoms with E-state index in [1.54, 1.807) is 24.3 Å². The fraction of sp³-hybridized carbons (Fsp3) is 0.125. The molecular weight excluding hydrogens is 284 g/mol. The molecule has 6 heteroatoms. The predicted molar refractivity (Wildman–Crippen MR) is 79.7 cm³/mol. The predicted octanol–water partition coefficient (Wildman–Crippen LogP) is 1.77. The molecule has 3 amide bonds. The minimum Gasteiger partial charge on any atom is -0.508 e. The van der Waals surface area contributed by atoms with Gasteiger partial charge in [0.15, 0.2) is 0 Å². The van der Waals surface area contributed by atoms with E-state index in [-0.39, 0.29) is 17.2 Å². The van der Waals surface area contributed by atoms with Crippen molar-refractivity contribution in [2.45, 2.75) is 12.5 Å². The van der Waals surface area contributed by atoms with Gasteiger partial charge in [-0.3, -0.25) is 4.79 Å². The van der Waals surface area contributed by atoms with Crippen LogP contribution in [-0.4, -0.2) is 28.2 Å². The number of carbonyl (C=O) groups is 2. The van der Waals surface area contributed by atoms with E-state index >= 15 is 0 Å². The minimum atomic E-state index is -0.698. The summed E-state index contributed by atoms with van der Waals surface area (Å²) in [5.41, 5.74) is 0.980. The normalized spacial score (nSPS) is 17.6. The smallest absolute Gasteiger partial charge is 0.329 e. The van der Waals surface area contributed by atoms with Gasteiger partial charge in [0.1, 0.15) is 17.5 Å². The number of phenols is 2. The Morgan fingerprint density at radius 3 is 2.36 bits per heavy atom. The number of hydrogen-bond donors (Lipinski definition) is 3. The lowest BCUT2D eigenvalue weighted by atomic mass is 10.1. The molecule has 1 saturated heterocycles. The number of amides is 3. The highest BCUT2D eigenvalue weighted by Crippen LogP contribution is 2.29. The Kier molecular flexibility index (Phi) is 3.42. The number of carbonyl (C=O) groups excluding carboxylic acids is 2. The number of imide groups is 1. The highest BCUT2D eigenvalue weighted by molar-refractivity contribution is 6.22. The Morgan fingerprint density at radius 1 is 1.00 bits per heavy atom. The molecule has 2 aromatic rings. The van der Waals surface area contributed by atoms with Gasteiger partial charge < -0.3 is 15.5 Å². The molecule has 0 radical (unpaired) electrons. The summed E-state index contributed by atoms with van der Waals surface area (Å²) in [6, 6.07) is 11.4. The first kappa shape index (κ1) is 13.9. The van der Waals surface area contributed by atoms with E-state index < -0.39 is 18.0 Å². The van der Waals surface area contributed by atoms with Gasteiger partial charge in [0.2, 0.25) is 0 Å². The van der Waals surface area contributed by atoms with Crippen LogP contribution in [0.5, 0.6) is 11.5 Å². The standard InChI is InChI=1S/C16H14N2O4/c19-11-7-5-10(6-8-11)9-12-15(21)18(16(22)17-12)13-3-1-2-4-14(13)20/h1-8,12,19-20H,9H2,(H,17,22)/t12-/m1/s1. The number of aromatic hydroxyl groups is 2. The van der Waals surface area contributed by atoms with Crippen LogP contribution in [0.3, 0.4) is 0 Å². The number of nitrogens with one attached hydrogen (secondary N) is 1. The number of phenolic OH excluding ortho intramolecular Hbond substituents is 2. The van der Waals surface area contributed by atoms with Gasteiger partial charge in [-0.05, 0) is 29.8 Å². The maximum Gasteiger partial charge on any atom is 0.329 e. The molecule has 3 rings (SSSR count). The van der Waals surface area contributed by atoms with Crippen LogP contribution < -0.4 is 10.2 Å². The van der Waals surface area contributed by atoms with E-state index in [9.17, 15) is 19.8 Å². The second-order valence-electron chi connectivity index (χ2n) is 5.04. The number of hydrogen-bond acceptors (Lipinski definition) is 4. The van der Waals surface area contributed by atoms with Crippen molar-refractivity contribution in [3.63, 3.8) is 0 Å². The topological polar surface area (TPSA) is 89.9 Å². The zero-order valence-corrected chi connectivity index (χ0v) is 11.6. The van der Waals surface area contributed by atoms with Gasteiger partial charge in [0, 0.05) is 6.42 Å². The van der Waals surface area contributed by atoms with Crippen molar-refractivity contribution in [2.24, 2.45) is 0 Å². The number of benzene rings is 2. The molecule has 3 N–H and O–H groups in total. The number of para-hydroxylation sites is 2. The summed E-state index contributed by atoms with van der Waals surface area (Å²) in [4.78, 5) is 25.4. The highest BCUT2D eigenvalue weighted by atomic mass is 16.3. The molecule has 0 saturated carbocycles. The zero-order valence-electron chi connectivity index (χ0n) is 11.6. The first-order chi connectivity index (χ1) is 10.6. The number of anilines is 1. The molecule has 1 fully saturated rings. The first-order valence-electron chi connectivity index (χ1n) is 6.76. The van der Waals surface area contributed by atoms with E-state index in [1.807, 2.05) is 0 Å². The molecule has 1 atom stereocenters. The molecule has 0 aromatic heterocycles. The Hall–Kier alpha value is -3.02. The molecule has 0 aliphatic carbocycles. The summed E-state index contributed by atoms with van der Waals surface area (Å²) in [7, 11) is 0. The van der Waals surface area contributed by atoms with Crippen molar-refractivity contribution in [2.75, 3.05) is 4.90 Å². The fourth-order valence-corrected chi connectivity index (χ4v) is 2.42. The summed E-state index contributed by atoms with van der Waals surface area (Å²) in [5.74, 6) is -0.405. The van der Waals surface area contributed by atoms with Crippen molar-refractivity contribution < 1.29 is 19.8 Å². The van der Waals surface area contributed by atoms with Crippen LogP contribution in [0.1, 0.15) is 5.56 Å². The number of nitrogens with zero attached hydrogens (tertiary/aromatic N) is 1. The van der Waals surface area contributed by atoms with Crippen molar-refractivity contribution in [3.05, 3.63) is 54.1 Å². The van der Waals surface area contributed by atoms with Gasteiger partial charge in [-0.25, -0.2) is 9.69 Å². The van der Waals surface area contributed by atoms with E-state index in [2.05, 4.69) is 5.32 Å². The average molecular weight is 298 g/mol. The van der Waals surface area contributed by atoms with Gasteiger partial charge in [0.25, 0.3) is 5.91 Å². The van der Waals surface area contributed by atoms with Crippen molar-refractivity contribution >= 4 is 17.6 Å². The van der Waals surface area contributed by atoms with Crippen LogP contribution in [0.4, 0.5) is 10.5 Å². The van der Waals surface area contributed by atoms with Crippen LogP contribution in [0.25, 0.3) is 0 Å². The Balaban J connectivity index is 1.82. The Labute approximate surface area is 126 Å². The zero-order chi connectivity index (χ0) is 15.7. The molecular formula is C16H14N2O4. The van der Waals surface area contributed by atoms with E-state index in [0.717, 1.165) is 10.5 Å². The molecule has 1 aliphatic heterocycles. The van der Waals surface area contributed by atoms with Gasteiger partial charge in [-0.1, -0.05) is 24.3 Å². The lowest BCUT2D eigenvalue weighted by Gasteiger charge is -2.14. The minimum absolute atomic E-state index is 0.128. The van der Waals surface area contributed by atoms with Crippen LogP contribution in [0.15, 0.2) is 48.5 Å². The quantitative estimate of drug-likeness (QED) is 0.753. The van der Waals surface area contributed by atoms with Crippen LogP contribution in [0, 0.1) is 0 Å². The second kappa shape index (κ2) is 5.40. The summed E-state index contributed by atoms with van der Waals surface area (Å²) in [6.07, 6.45) is 0.314. The lowest BCUT2D eigenvalue weighted by molar-refractivity contribution is -0.118. The maximum absolute atomic E-state index is 12.4. The molecule has 112 valence electrons. The summed E-state index contributed by atoms with van der Waals surface area (Å²) < 4.78 is 0. The van der Waals surface area contributed by atoms with E-state index in [0.29, 0.717) is 6.42 Å². The van der Waals surface area contributed by atoms with Gasteiger partial charge >= 0.3 is 6.03 Å².